The van der Waals surface area contributed by atoms with Gasteiger partial charge in [-0.2, -0.15) is 0 Å². The van der Waals surface area contributed by atoms with Crippen molar-refractivity contribution < 1.29 is 0 Å². The minimum absolute atomic E-state index is 0.535. The van der Waals surface area contributed by atoms with Crippen LogP contribution < -0.4 is 17.2 Å². The van der Waals surface area contributed by atoms with Gasteiger partial charge in [0.15, 0.2) is 0 Å². The van der Waals surface area contributed by atoms with Gasteiger partial charge in [-0.25, -0.2) is 0 Å². The average molecular weight is 193 g/mol. The van der Waals surface area contributed by atoms with Gasteiger partial charge in [-0.1, -0.05) is 6.07 Å². The van der Waals surface area contributed by atoms with Crippen LogP contribution in [0.1, 0.15) is 27.8 Å². The summed E-state index contributed by atoms with van der Waals surface area (Å²) in [6, 6.07) is 2.11. The van der Waals surface area contributed by atoms with E-state index in [-0.39, 0.29) is 0 Å². The van der Waals surface area contributed by atoms with Gasteiger partial charge in [0.05, 0.1) is 0 Å². The number of aryl methyl sites for hydroxylation is 1. The quantitative estimate of drug-likeness (QED) is 0.660. The highest BCUT2D eigenvalue weighted by Gasteiger charge is 2.09. The van der Waals surface area contributed by atoms with Crippen LogP contribution in [0.2, 0.25) is 0 Å². The second-order valence-corrected chi connectivity index (χ2v) is 3.55. The summed E-state index contributed by atoms with van der Waals surface area (Å²) >= 11 is 0. The molecule has 3 heteroatoms. The van der Waals surface area contributed by atoms with Crippen molar-refractivity contribution in [2.75, 3.05) is 0 Å². The van der Waals surface area contributed by atoms with E-state index in [4.69, 9.17) is 17.2 Å². The van der Waals surface area contributed by atoms with Gasteiger partial charge >= 0.3 is 0 Å². The van der Waals surface area contributed by atoms with E-state index in [1.165, 1.54) is 22.3 Å². The van der Waals surface area contributed by atoms with Crippen molar-refractivity contribution in [2.45, 2.75) is 33.5 Å². The summed E-state index contributed by atoms with van der Waals surface area (Å²) in [5, 5.41) is 0. The fourth-order valence-corrected chi connectivity index (χ4v) is 1.89. The van der Waals surface area contributed by atoms with E-state index in [0.29, 0.717) is 19.6 Å². The maximum Gasteiger partial charge on any atom is 0.0184 e. The molecular formula is C11H19N3. The first kappa shape index (κ1) is 11.2. The molecule has 0 aliphatic rings. The predicted molar refractivity (Wildman–Crippen MR) is 59.6 cm³/mol. The Morgan fingerprint density at radius 1 is 0.929 bits per heavy atom. The average Bonchev–Trinajstić information content (AvgIpc) is 2.20. The van der Waals surface area contributed by atoms with Gasteiger partial charge < -0.3 is 17.2 Å². The van der Waals surface area contributed by atoms with Crippen LogP contribution in [-0.2, 0) is 19.6 Å². The summed E-state index contributed by atoms with van der Waals surface area (Å²) < 4.78 is 0. The molecule has 3 nitrogen and oxygen atoms in total. The molecule has 0 unspecified atom stereocenters. The van der Waals surface area contributed by atoms with Crippen molar-refractivity contribution in [3.63, 3.8) is 0 Å². The zero-order valence-electron chi connectivity index (χ0n) is 8.93. The molecule has 0 aromatic heterocycles. The molecule has 0 spiro atoms. The zero-order valence-corrected chi connectivity index (χ0v) is 8.93. The first-order chi connectivity index (χ1) is 6.65. The zero-order chi connectivity index (χ0) is 10.7. The molecule has 0 saturated heterocycles. The molecule has 1 aromatic rings. The Morgan fingerprint density at radius 2 is 1.50 bits per heavy atom. The molecule has 0 saturated carbocycles. The lowest BCUT2D eigenvalue weighted by molar-refractivity contribution is 0.926. The monoisotopic (exact) mass is 193 g/mol. The van der Waals surface area contributed by atoms with Crippen LogP contribution in [0.15, 0.2) is 6.07 Å². The Kier molecular flexibility index (Phi) is 3.63. The van der Waals surface area contributed by atoms with E-state index in [1.54, 1.807) is 0 Å². The Morgan fingerprint density at radius 3 is 1.93 bits per heavy atom. The van der Waals surface area contributed by atoms with Gasteiger partial charge in [0, 0.05) is 19.6 Å². The fraction of sp³-hybridized carbons (Fsp3) is 0.455. The molecule has 0 atom stereocenters. The molecule has 0 amide bonds. The molecule has 6 N–H and O–H groups in total. The standard InChI is InChI=1S/C11H19N3/c1-7-3-9(4-12)8(2)11(6-14)10(7)5-13/h3H,4-6,12-14H2,1-2H3. The highest BCUT2D eigenvalue weighted by Crippen LogP contribution is 2.21. The highest BCUT2D eigenvalue weighted by atomic mass is 14.6. The molecule has 0 heterocycles. The first-order valence-electron chi connectivity index (χ1n) is 4.86. The number of hydrogen-bond acceptors (Lipinski definition) is 3. The van der Waals surface area contributed by atoms with Gasteiger partial charge in [-0.3, -0.25) is 0 Å². The third-order valence-electron chi connectivity index (χ3n) is 2.79. The topological polar surface area (TPSA) is 78.1 Å². The van der Waals surface area contributed by atoms with E-state index in [2.05, 4.69) is 19.9 Å². The molecule has 1 aromatic carbocycles. The van der Waals surface area contributed by atoms with Crippen molar-refractivity contribution in [1.82, 2.24) is 0 Å². The summed E-state index contributed by atoms with van der Waals surface area (Å²) in [5.74, 6) is 0. The SMILES string of the molecule is Cc1cc(CN)c(C)c(CN)c1CN. The minimum Gasteiger partial charge on any atom is -0.326 e. The molecule has 0 fully saturated rings. The molecular weight excluding hydrogens is 174 g/mol. The maximum absolute atomic E-state index is 5.72. The van der Waals surface area contributed by atoms with E-state index >= 15 is 0 Å². The molecule has 0 bridgehead atoms. The van der Waals surface area contributed by atoms with Crippen LogP contribution in [0.4, 0.5) is 0 Å². The number of benzene rings is 1. The summed E-state index contributed by atoms with van der Waals surface area (Å²) in [6.07, 6.45) is 0. The van der Waals surface area contributed by atoms with Crippen LogP contribution >= 0.6 is 0 Å². The molecule has 78 valence electrons. The molecule has 0 radical (unpaired) electrons. The Balaban J connectivity index is 3.40. The maximum atomic E-state index is 5.72. The summed E-state index contributed by atoms with van der Waals surface area (Å²) in [5.41, 5.74) is 23.0. The van der Waals surface area contributed by atoms with Crippen molar-refractivity contribution in [3.8, 4) is 0 Å². The van der Waals surface area contributed by atoms with Crippen molar-refractivity contribution in [3.05, 3.63) is 33.9 Å². The lowest BCUT2D eigenvalue weighted by Crippen LogP contribution is -2.13. The number of nitrogens with two attached hydrogens (primary N) is 3. The van der Waals surface area contributed by atoms with Gasteiger partial charge in [-0.15, -0.1) is 0 Å². The molecule has 1 rings (SSSR count). The normalized spacial score (nSPS) is 10.6. The largest absolute Gasteiger partial charge is 0.326 e. The van der Waals surface area contributed by atoms with Crippen molar-refractivity contribution >= 4 is 0 Å². The fourth-order valence-electron chi connectivity index (χ4n) is 1.89. The molecule has 0 aliphatic heterocycles. The van der Waals surface area contributed by atoms with Crippen LogP contribution in [0.5, 0.6) is 0 Å². The molecule has 14 heavy (non-hydrogen) atoms. The second-order valence-electron chi connectivity index (χ2n) is 3.55. The van der Waals surface area contributed by atoms with Crippen molar-refractivity contribution in [2.24, 2.45) is 17.2 Å². The summed E-state index contributed by atoms with van der Waals surface area (Å²) in [4.78, 5) is 0. The Hall–Kier alpha value is -0.900. The highest BCUT2D eigenvalue weighted by molar-refractivity contribution is 5.45. The van der Waals surface area contributed by atoms with Crippen LogP contribution in [0, 0.1) is 13.8 Å². The van der Waals surface area contributed by atoms with Gasteiger partial charge in [0.1, 0.15) is 0 Å². The lowest BCUT2D eigenvalue weighted by Gasteiger charge is -2.16. The van der Waals surface area contributed by atoms with E-state index in [0.717, 1.165) is 5.56 Å². The molecule has 0 aliphatic carbocycles. The van der Waals surface area contributed by atoms with Crippen LogP contribution in [0.25, 0.3) is 0 Å². The lowest BCUT2D eigenvalue weighted by atomic mass is 9.93. The summed E-state index contributed by atoms with van der Waals surface area (Å²) in [7, 11) is 0. The van der Waals surface area contributed by atoms with Gasteiger partial charge in [-0.05, 0) is 41.7 Å². The van der Waals surface area contributed by atoms with Gasteiger partial charge in [0.25, 0.3) is 0 Å². The third-order valence-corrected chi connectivity index (χ3v) is 2.79. The van der Waals surface area contributed by atoms with E-state index < -0.39 is 0 Å². The minimum atomic E-state index is 0.535. The van der Waals surface area contributed by atoms with Crippen LogP contribution in [0.3, 0.4) is 0 Å². The predicted octanol–water partition coefficient (Wildman–Crippen LogP) is 0.680. The third kappa shape index (κ3) is 1.80. The van der Waals surface area contributed by atoms with Crippen molar-refractivity contribution in [1.29, 1.82) is 0 Å². The Labute approximate surface area is 85.3 Å². The number of rotatable bonds is 3. The van der Waals surface area contributed by atoms with E-state index in [1.807, 2.05) is 0 Å². The summed E-state index contributed by atoms with van der Waals surface area (Å²) in [6.45, 7) is 5.75. The first-order valence-corrected chi connectivity index (χ1v) is 4.86. The second kappa shape index (κ2) is 4.55. The van der Waals surface area contributed by atoms with E-state index in [9.17, 15) is 0 Å². The van der Waals surface area contributed by atoms with Crippen LogP contribution in [-0.4, -0.2) is 0 Å². The smallest absolute Gasteiger partial charge is 0.0184 e. The Bertz CT molecular complexity index is 332. The van der Waals surface area contributed by atoms with Gasteiger partial charge in [0.2, 0.25) is 0 Å². The number of hydrogen-bond donors (Lipinski definition) is 3.